The third-order valence-electron chi connectivity index (χ3n) is 4.87. The van der Waals surface area contributed by atoms with Crippen molar-refractivity contribution < 1.29 is 9.59 Å². The number of nitrogens with zero attached hydrogens (tertiary/aromatic N) is 2. The van der Waals surface area contributed by atoms with E-state index in [4.69, 9.17) is 11.6 Å². The van der Waals surface area contributed by atoms with Crippen molar-refractivity contribution in [3.8, 4) is 11.8 Å². The Balaban J connectivity index is 1.72. The number of aromatic nitrogens is 2. The molecule has 0 unspecified atom stereocenters. The third kappa shape index (κ3) is 6.06. The van der Waals surface area contributed by atoms with Crippen LogP contribution in [0.3, 0.4) is 0 Å². The number of hydrazine groups is 1. The maximum Gasteiger partial charge on any atom is 0.288 e. The van der Waals surface area contributed by atoms with Crippen LogP contribution in [0.5, 0.6) is 0 Å². The second-order valence-electron chi connectivity index (χ2n) is 7.13. The van der Waals surface area contributed by atoms with Gasteiger partial charge in [-0.1, -0.05) is 60.4 Å². The van der Waals surface area contributed by atoms with Gasteiger partial charge in [0.1, 0.15) is 11.4 Å². The molecule has 166 valence electrons. The summed E-state index contributed by atoms with van der Waals surface area (Å²) in [5.41, 5.74) is 8.09. The van der Waals surface area contributed by atoms with Crippen molar-refractivity contribution in [1.29, 1.82) is 0 Å². The van der Waals surface area contributed by atoms with E-state index in [-0.39, 0.29) is 5.69 Å². The largest absolute Gasteiger partial charge is 0.288 e. The van der Waals surface area contributed by atoms with Crippen molar-refractivity contribution in [2.24, 2.45) is 0 Å². The van der Waals surface area contributed by atoms with E-state index < -0.39 is 11.8 Å². The Morgan fingerprint density at radius 3 is 2.64 bits per heavy atom. The van der Waals surface area contributed by atoms with Crippen LogP contribution >= 0.6 is 11.6 Å². The Bertz CT molecular complexity index is 1330. The summed E-state index contributed by atoms with van der Waals surface area (Å²) in [4.78, 5) is 33.7. The standard InChI is InChI=1S/C26H23ClN4O2/c1-4-17(3)24(21(27)5-2)26(33)31-30-25(32)23-12-8-10-20(29-23)14-13-18-15-19-9-6-7-11-22(19)28-16-18/h5-12,15-16H,4H2,1-3H3,(H,30,32)(H,31,33)/b21-5+,24-17+. The van der Waals surface area contributed by atoms with Gasteiger partial charge in [-0.15, -0.1) is 0 Å². The lowest BCUT2D eigenvalue weighted by atomic mass is 10.1. The topological polar surface area (TPSA) is 84.0 Å². The molecule has 6 nitrogen and oxygen atoms in total. The number of halogens is 1. The van der Waals surface area contributed by atoms with Gasteiger partial charge in [0, 0.05) is 22.2 Å². The maximum atomic E-state index is 12.5. The summed E-state index contributed by atoms with van der Waals surface area (Å²) in [6.45, 7) is 5.48. The minimum Gasteiger partial charge on any atom is -0.267 e. The Hall–Kier alpha value is -3.95. The van der Waals surface area contributed by atoms with E-state index in [9.17, 15) is 9.59 Å². The number of hydrogen-bond acceptors (Lipinski definition) is 4. The molecule has 1 aromatic carbocycles. The number of pyridine rings is 2. The quantitative estimate of drug-likeness (QED) is 0.258. The number of carbonyl (C=O) groups excluding carboxylic acids is 2. The van der Waals surface area contributed by atoms with E-state index in [0.29, 0.717) is 22.7 Å². The number of carbonyl (C=O) groups is 2. The summed E-state index contributed by atoms with van der Waals surface area (Å²) in [5.74, 6) is 4.91. The zero-order valence-electron chi connectivity index (χ0n) is 18.6. The van der Waals surface area contributed by atoms with Crippen LogP contribution in [0.15, 0.2) is 77.0 Å². The van der Waals surface area contributed by atoms with E-state index >= 15 is 0 Å². The average Bonchev–Trinajstić information content (AvgIpc) is 2.85. The fourth-order valence-electron chi connectivity index (χ4n) is 2.97. The first-order valence-electron chi connectivity index (χ1n) is 10.4. The van der Waals surface area contributed by atoms with Crippen LogP contribution in [-0.2, 0) is 4.79 Å². The second-order valence-corrected chi connectivity index (χ2v) is 7.54. The molecule has 7 heteroatoms. The Morgan fingerprint density at radius 1 is 1.09 bits per heavy atom. The molecule has 0 bridgehead atoms. The lowest BCUT2D eigenvalue weighted by Crippen LogP contribution is -2.43. The van der Waals surface area contributed by atoms with Gasteiger partial charge in [-0.25, -0.2) is 4.98 Å². The number of fused-ring (bicyclic) bond motifs is 1. The first-order valence-corrected chi connectivity index (χ1v) is 10.8. The molecule has 2 aromatic heterocycles. The van der Waals surface area contributed by atoms with Crippen LogP contribution in [0.25, 0.3) is 10.9 Å². The fraction of sp³-hybridized carbons (Fsp3) is 0.154. The van der Waals surface area contributed by atoms with Crippen molar-refractivity contribution >= 4 is 34.3 Å². The summed E-state index contributed by atoms with van der Waals surface area (Å²) in [7, 11) is 0. The minimum atomic E-state index is -0.565. The lowest BCUT2D eigenvalue weighted by Gasteiger charge is -2.12. The smallest absolute Gasteiger partial charge is 0.267 e. The maximum absolute atomic E-state index is 12.5. The predicted molar refractivity (Wildman–Crippen MR) is 130 cm³/mol. The van der Waals surface area contributed by atoms with Crippen molar-refractivity contribution in [2.45, 2.75) is 27.2 Å². The monoisotopic (exact) mass is 458 g/mol. The van der Waals surface area contributed by atoms with Gasteiger partial charge in [0.05, 0.1) is 11.1 Å². The second kappa shape index (κ2) is 11.1. The zero-order chi connectivity index (χ0) is 23.8. The molecule has 3 aromatic rings. The zero-order valence-corrected chi connectivity index (χ0v) is 19.3. The molecular formula is C26H23ClN4O2. The first kappa shape index (κ1) is 23.7. The molecule has 0 aliphatic rings. The molecule has 0 radical (unpaired) electrons. The number of para-hydroxylation sites is 1. The van der Waals surface area contributed by atoms with Crippen molar-refractivity contribution in [2.75, 3.05) is 0 Å². The van der Waals surface area contributed by atoms with Gasteiger partial charge in [-0.2, -0.15) is 0 Å². The van der Waals surface area contributed by atoms with Gasteiger partial charge >= 0.3 is 0 Å². The van der Waals surface area contributed by atoms with E-state index in [0.717, 1.165) is 22.0 Å². The number of amides is 2. The summed E-state index contributed by atoms with van der Waals surface area (Å²) in [5, 5.41) is 1.31. The molecule has 0 aliphatic heterocycles. The summed E-state index contributed by atoms with van der Waals surface area (Å²) in [6.07, 6.45) is 3.97. The normalized spacial score (nSPS) is 11.8. The molecule has 2 heterocycles. The molecule has 2 N–H and O–H groups in total. The van der Waals surface area contributed by atoms with E-state index in [1.807, 2.05) is 44.2 Å². The minimum absolute atomic E-state index is 0.119. The third-order valence-corrected chi connectivity index (χ3v) is 5.28. The molecule has 0 atom stereocenters. The van der Waals surface area contributed by atoms with Crippen LogP contribution in [0, 0.1) is 11.8 Å². The Labute approximate surface area is 197 Å². The molecule has 0 aliphatic carbocycles. The highest BCUT2D eigenvalue weighted by Gasteiger charge is 2.17. The van der Waals surface area contributed by atoms with Gasteiger partial charge in [0.15, 0.2) is 0 Å². The fourth-order valence-corrected chi connectivity index (χ4v) is 3.22. The number of nitrogens with one attached hydrogen (secondary N) is 2. The van der Waals surface area contributed by atoms with Gasteiger partial charge in [0.25, 0.3) is 11.8 Å². The van der Waals surface area contributed by atoms with E-state index in [1.165, 1.54) is 6.07 Å². The summed E-state index contributed by atoms with van der Waals surface area (Å²) >= 11 is 6.17. The van der Waals surface area contributed by atoms with E-state index in [2.05, 4.69) is 32.7 Å². The van der Waals surface area contributed by atoms with Gasteiger partial charge in [-0.05, 0) is 50.5 Å². The SMILES string of the molecule is C/C=C(Cl)\C(C(=O)NNC(=O)c1cccc(C#Cc2cnc3ccccc3c2)n1)=C(\C)CC. The molecule has 33 heavy (non-hydrogen) atoms. The van der Waals surface area contributed by atoms with Crippen molar-refractivity contribution in [1.82, 2.24) is 20.8 Å². The van der Waals surface area contributed by atoms with Crippen LogP contribution in [-0.4, -0.2) is 21.8 Å². The molecule has 3 rings (SSSR count). The highest BCUT2D eigenvalue weighted by Crippen LogP contribution is 2.20. The van der Waals surface area contributed by atoms with Crippen molar-refractivity contribution in [3.05, 3.63) is 93.9 Å². The Kier molecular flexibility index (Phi) is 7.96. The summed E-state index contributed by atoms with van der Waals surface area (Å²) in [6, 6.07) is 14.6. The molecule has 0 fully saturated rings. The lowest BCUT2D eigenvalue weighted by molar-refractivity contribution is -0.118. The van der Waals surface area contributed by atoms with Crippen molar-refractivity contribution in [3.63, 3.8) is 0 Å². The van der Waals surface area contributed by atoms with Crippen LogP contribution in [0.4, 0.5) is 0 Å². The number of rotatable bonds is 4. The highest BCUT2D eigenvalue weighted by molar-refractivity contribution is 6.35. The number of allylic oxidation sites excluding steroid dienone is 2. The number of benzene rings is 1. The molecular weight excluding hydrogens is 436 g/mol. The summed E-state index contributed by atoms with van der Waals surface area (Å²) < 4.78 is 0. The van der Waals surface area contributed by atoms with E-state index in [1.54, 1.807) is 31.3 Å². The van der Waals surface area contributed by atoms with Crippen LogP contribution < -0.4 is 10.9 Å². The predicted octanol–water partition coefficient (Wildman–Crippen LogP) is 4.66. The molecule has 0 spiro atoms. The van der Waals surface area contributed by atoms with Gasteiger partial charge < -0.3 is 0 Å². The molecule has 0 saturated heterocycles. The average molecular weight is 459 g/mol. The van der Waals surface area contributed by atoms with Gasteiger partial charge in [0.2, 0.25) is 0 Å². The molecule has 2 amide bonds. The molecule has 0 saturated carbocycles. The van der Waals surface area contributed by atoms with Crippen LogP contribution in [0.2, 0.25) is 0 Å². The Morgan fingerprint density at radius 2 is 1.88 bits per heavy atom. The number of hydrogen-bond donors (Lipinski definition) is 2. The van der Waals surface area contributed by atoms with Gasteiger partial charge in [-0.3, -0.25) is 25.4 Å². The first-order chi connectivity index (χ1) is 15.9. The van der Waals surface area contributed by atoms with Crippen LogP contribution in [0.1, 0.15) is 48.9 Å². The highest BCUT2D eigenvalue weighted by atomic mass is 35.5.